The maximum absolute atomic E-state index is 2.38. The maximum Gasteiger partial charge on any atom is -0.153 e. The van der Waals surface area contributed by atoms with E-state index in [9.17, 15) is 0 Å². The van der Waals surface area contributed by atoms with Crippen molar-refractivity contribution in [3.8, 4) is 0 Å². The molecule has 0 aliphatic heterocycles. The van der Waals surface area contributed by atoms with Crippen molar-refractivity contribution in [2.75, 3.05) is 0 Å². The summed E-state index contributed by atoms with van der Waals surface area (Å²) in [6.45, 7) is 14.3. The molecular weight excluding hydrogens is 245 g/mol. The fraction of sp³-hybridized carbons (Fsp3) is 1.00. The predicted octanol–water partition coefficient (Wildman–Crippen LogP) is 4.15. The van der Waals surface area contributed by atoms with Crippen molar-refractivity contribution in [1.29, 1.82) is 0 Å². The summed E-state index contributed by atoms with van der Waals surface area (Å²) in [6.07, 6.45) is 0. The fourth-order valence-corrected chi connectivity index (χ4v) is 7.48. The minimum absolute atomic E-state index is 0. The molecule has 2 heteroatoms. The van der Waals surface area contributed by atoms with Gasteiger partial charge in [0.25, 0.3) is 0 Å². The van der Waals surface area contributed by atoms with Crippen molar-refractivity contribution in [1.82, 2.24) is 0 Å². The van der Waals surface area contributed by atoms with Crippen molar-refractivity contribution in [2.24, 2.45) is 0 Å². The van der Waals surface area contributed by atoms with Crippen LogP contribution in [0.5, 0.6) is 0 Å². The Balaban J connectivity index is 0. The molecule has 75 valence electrons. The van der Waals surface area contributed by atoms with Gasteiger partial charge in [-0.05, 0) is 0 Å². The van der Waals surface area contributed by atoms with Crippen LogP contribution >= 0.6 is 9.90 Å². The predicted molar refractivity (Wildman–Crippen MR) is 56.4 cm³/mol. The van der Waals surface area contributed by atoms with Gasteiger partial charge in [-0.25, -0.2) is 0 Å². The molecule has 0 aliphatic carbocycles. The smallest absolute Gasteiger partial charge is 0.153 e. The molecule has 0 radical (unpaired) electrons. The molecule has 0 nitrogen and oxygen atoms in total. The van der Waals surface area contributed by atoms with Gasteiger partial charge in [-0.15, -0.1) is 0 Å². The fourth-order valence-electron chi connectivity index (χ4n) is 1.26. The molecule has 0 bridgehead atoms. The Labute approximate surface area is 81.4 Å². The van der Waals surface area contributed by atoms with E-state index in [1.807, 2.05) is 0 Å². The molecule has 0 aromatic rings. The normalized spacial score (nSPS) is 12.3. The van der Waals surface area contributed by atoms with E-state index in [-0.39, 0.29) is 26.7 Å². The van der Waals surface area contributed by atoms with E-state index in [2.05, 4.69) is 41.5 Å². The zero-order valence-corrected chi connectivity index (χ0v) is 11.7. The molecule has 0 fully saturated rings. The van der Waals surface area contributed by atoms with Crippen molar-refractivity contribution in [3.05, 3.63) is 0 Å². The molecule has 1 atom stereocenters. The van der Waals surface area contributed by atoms with Crippen LogP contribution in [0.2, 0.25) is 13.2 Å². The summed E-state index contributed by atoms with van der Waals surface area (Å²) < 4.78 is 2.85. The van der Waals surface area contributed by atoms with Gasteiger partial charge in [0.1, 0.15) is 0 Å². The first kappa shape index (κ1) is 14.6. The van der Waals surface area contributed by atoms with Gasteiger partial charge in [-0.2, -0.15) is 9.90 Å². The Morgan fingerprint density at radius 2 is 0.818 bits per heavy atom. The molecular formula is C9H24PPd. The third-order valence-corrected chi connectivity index (χ3v) is 7.48. The van der Waals surface area contributed by atoms with Crippen molar-refractivity contribution in [2.45, 2.75) is 54.7 Å². The van der Waals surface area contributed by atoms with E-state index in [4.69, 9.17) is 0 Å². The van der Waals surface area contributed by atoms with Gasteiger partial charge in [0, 0.05) is 0 Å². The summed E-state index contributed by atoms with van der Waals surface area (Å²) in [5, 5.41) is 0. The molecule has 0 amide bonds. The zero-order valence-electron chi connectivity index (χ0n) is 8.76. The molecule has 0 saturated heterocycles. The summed E-state index contributed by atoms with van der Waals surface area (Å²) in [5.74, 6) is 0. The summed E-state index contributed by atoms with van der Waals surface area (Å²) in [7, 11) is 0. The third kappa shape index (κ3) is 5.35. The molecule has 1 unspecified atom stereocenters. The summed E-state index contributed by atoms with van der Waals surface area (Å²) in [6, 6.07) is 0. The topological polar surface area (TPSA) is 0 Å². The van der Waals surface area contributed by atoms with Gasteiger partial charge in [0.15, 0.2) is 0 Å². The molecule has 0 aromatic heterocycles. The van der Waals surface area contributed by atoms with Gasteiger partial charge in [0.05, 0.1) is 0 Å². The van der Waals surface area contributed by atoms with Crippen LogP contribution in [-0.4, -0.2) is 0 Å². The minimum atomic E-state index is -0.239. The minimum Gasteiger partial charge on any atom is -0.153 e. The first-order valence-corrected chi connectivity index (χ1v) is 6.70. The first-order chi connectivity index (χ1) is 4.46. The monoisotopic (exact) mass is 269 g/mol. The Hall–Kier alpha value is 1.09. The average molecular weight is 270 g/mol. The third-order valence-electron chi connectivity index (χ3n) is 1.26. The van der Waals surface area contributed by atoms with Crippen LogP contribution in [0.3, 0.4) is 0 Å². The Morgan fingerprint density at radius 3 is 0.818 bits per heavy atom. The summed E-state index contributed by atoms with van der Waals surface area (Å²) in [4.78, 5) is 0. The number of hydrogen-bond donors (Lipinski definition) is 0. The van der Waals surface area contributed by atoms with Crippen LogP contribution in [0.4, 0.5) is 0 Å². The Morgan fingerprint density at radius 1 is 0.636 bits per heavy atom. The largest absolute Gasteiger partial charge is 0.153 e. The number of rotatable bonds is 3. The van der Waals surface area contributed by atoms with Crippen LogP contribution in [0.15, 0.2) is 0 Å². The van der Waals surface area contributed by atoms with Crippen LogP contribution in [0.25, 0.3) is 0 Å². The van der Waals surface area contributed by atoms with Crippen LogP contribution < -0.4 is 0 Å². The summed E-state index contributed by atoms with van der Waals surface area (Å²) in [5.41, 5.74) is 0. The van der Waals surface area contributed by atoms with E-state index < -0.39 is 0 Å². The summed E-state index contributed by atoms with van der Waals surface area (Å²) >= 11 is -0.239. The van der Waals surface area contributed by atoms with E-state index in [0.717, 1.165) is 13.2 Å². The molecule has 0 aliphatic rings. The number of hydrogen-bond acceptors (Lipinski definition) is 0. The standard InChI is InChI=1S/3C3H7.H3P.Pd/c3*1-3-2;;/h3*3H,1-2H3;1H3;. The maximum atomic E-state index is 2.38. The van der Waals surface area contributed by atoms with E-state index in [1.165, 1.54) is 0 Å². The second kappa shape index (κ2) is 6.59. The van der Waals surface area contributed by atoms with Crippen LogP contribution in [0, 0.1) is 0 Å². The van der Waals surface area contributed by atoms with E-state index in [0.29, 0.717) is 0 Å². The molecule has 0 aromatic carbocycles. The van der Waals surface area contributed by atoms with Gasteiger partial charge < -0.3 is 0 Å². The molecule has 0 rings (SSSR count). The second-order valence-corrected chi connectivity index (χ2v) is 10.1. The van der Waals surface area contributed by atoms with Crippen LogP contribution in [-0.2, 0) is 16.8 Å². The first-order valence-electron chi connectivity index (χ1n) is 4.01. The van der Waals surface area contributed by atoms with Crippen molar-refractivity contribution >= 4 is 9.90 Å². The van der Waals surface area contributed by atoms with E-state index in [1.54, 1.807) is 0 Å². The van der Waals surface area contributed by atoms with Crippen molar-refractivity contribution < 1.29 is 16.8 Å². The van der Waals surface area contributed by atoms with Gasteiger partial charge in [-0.3, -0.25) is 0 Å². The quantitative estimate of drug-likeness (QED) is 0.533. The van der Waals surface area contributed by atoms with Gasteiger partial charge in [-0.1, -0.05) is 0 Å². The van der Waals surface area contributed by atoms with Crippen molar-refractivity contribution in [3.63, 3.8) is 0 Å². The zero-order chi connectivity index (χ0) is 8.31. The molecule has 0 spiro atoms. The average Bonchev–Trinajstić information content (AvgIpc) is 1.59. The molecule has 0 saturated carbocycles. The Kier molecular flexibility index (Phi) is 8.75. The van der Waals surface area contributed by atoms with Crippen LogP contribution in [0.1, 0.15) is 41.5 Å². The molecule has 0 N–H and O–H groups in total. The Bertz CT molecular complexity index is 70.5. The molecule has 11 heavy (non-hydrogen) atoms. The second-order valence-electron chi connectivity index (χ2n) is 3.14. The van der Waals surface area contributed by atoms with Gasteiger partial charge >= 0.3 is 71.5 Å². The molecule has 0 heterocycles. The van der Waals surface area contributed by atoms with E-state index >= 15 is 0 Å². The SMILES string of the molecule is C[CH](C)[Pd]([CH](C)C)[CH](C)C.P. The van der Waals surface area contributed by atoms with Gasteiger partial charge in [0.2, 0.25) is 0 Å².